The molecule has 4 rings (SSSR count). The molecule has 3 heteroatoms. The van der Waals surface area contributed by atoms with Crippen molar-refractivity contribution in [3.8, 4) is 0 Å². The van der Waals surface area contributed by atoms with Gasteiger partial charge in [-0.3, -0.25) is 0 Å². The van der Waals surface area contributed by atoms with E-state index in [0.717, 1.165) is 15.2 Å². The van der Waals surface area contributed by atoms with Gasteiger partial charge in [-0.15, -0.1) is 0 Å². The van der Waals surface area contributed by atoms with E-state index in [-0.39, 0.29) is 6.64 Å². The SMILES string of the molecule is C12[P@]3C4[P@]1[PH]243. The first-order valence-corrected chi connectivity index (χ1v) is 8.86. The second-order valence-corrected chi connectivity index (χ2v) is 20.1. The minimum absolute atomic E-state index is 0.185. The van der Waals surface area contributed by atoms with E-state index in [9.17, 15) is 0 Å². The Balaban J connectivity index is 2.71. The van der Waals surface area contributed by atoms with Crippen molar-refractivity contribution in [2.45, 2.75) is 10.3 Å². The molecular weight excluding hydrogens is 117 g/mol. The fourth-order valence-corrected chi connectivity index (χ4v) is 47.2. The molecule has 0 unspecified atom stereocenters. The Labute approximate surface area is 33.0 Å². The zero-order valence-electron chi connectivity index (χ0n) is 2.55. The molecule has 0 aliphatic carbocycles. The maximum absolute atomic E-state index is 1.62. The average Bonchev–Trinajstić information content (AvgIpc) is 1.26. The van der Waals surface area contributed by atoms with Gasteiger partial charge in [0.05, 0.1) is 0 Å². The van der Waals surface area contributed by atoms with E-state index < -0.39 is 0 Å². The molecule has 0 nitrogen and oxygen atoms in total. The molecule has 0 aromatic carbocycles. The second kappa shape index (κ2) is 0.262. The van der Waals surface area contributed by atoms with E-state index in [1.165, 1.54) is 0 Å². The van der Waals surface area contributed by atoms with E-state index in [2.05, 4.69) is 0 Å². The molecule has 0 N–H and O–H groups in total. The number of fused-ring (bicyclic) bond motifs is 4. The molecule has 4 fully saturated rings. The summed E-state index contributed by atoms with van der Waals surface area (Å²) in [6.45, 7) is 0.185. The normalized spacial score (nSPS) is 112. The van der Waals surface area contributed by atoms with Crippen LogP contribution in [0.4, 0.5) is 0 Å². The van der Waals surface area contributed by atoms with Gasteiger partial charge in [0.1, 0.15) is 0 Å². The first-order valence-electron chi connectivity index (χ1n) is 2.06. The minimum atomic E-state index is 0.185. The van der Waals surface area contributed by atoms with Crippen LogP contribution in [0.1, 0.15) is 0 Å². The summed E-state index contributed by atoms with van der Waals surface area (Å²) in [7, 11) is 2.08. The van der Waals surface area contributed by atoms with Crippen LogP contribution in [0.5, 0.6) is 0 Å². The van der Waals surface area contributed by atoms with E-state index in [4.69, 9.17) is 0 Å². The van der Waals surface area contributed by atoms with Crippen molar-refractivity contribution in [3.05, 3.63) is 0 Å². The summed E-state index contributed by atoms with van der Waals surface area (Å²) in [5, 5.41) is 3.25. The zero-order valence-corrected chi connectivity index (χ0v) is 5.34. The van der Waals surface area contributed by atoms with Crippen LogP contribution in [-0.2, 0) is 0 Å². The summed E-state index contributed by atoms with van der Waals surface area (Å²) < 4.78 is 0. The Morgan fingerprint density at radius 3 is 1.40 bits per heavy atom. The van der Waals surface area contributed by atoms with E-state index >= 15 is 0 Å². The van der Waals surface area contributed by atoms with Crippen molar-refractivity contribution < 1.29 is 0 Å². The molecule has 0 radical (unpaired) electrons. The number of rotatable bonds is 0. The molecule has 0 amide bonds. The van der Waals surface area contributed by atoms with Gasteiger partial charge in [-0.05, 0) is 0 Å². The van der Waals surface area contributed by atoms with Gasteiger partial charge < -0.3 is 0 Å². The molecule has 0 aromatic rings. The second-order valence-electron chi connectivity index (χ2n) is 2.34. The Morgan fingerprint density at radius 1 is 1.20 bits per heavy atom. The van der Waals surface area contributed by atoms with Crippen LogP contribution in [0.15, 0.2) is 0 Å². The first kappa shape index (κ1) is 2.04. The van der Waals surface area contributed by atoms with Gasteiger partial charge in [0.15, 0.2) is 0 Å². The molecule has 4 aliphatic rings. The molecule has 26 valence electrons. The standard InChI is InChI=1S/C2H3P3/c1-3-2-4(1)5(1,2)3/h1-2,5H/t1?,2?,3-,4-. The van der Waals surface area contributed by atoms with Crippen molar-refractivity contribution >= 4 is 21.9 Å². The molecule has 4 heterocycles. The maximum atomic E-state index is 1.62. The van der Waals surface area contributed by atoms with Crippen molar-refractivity contribution in [3.63, 3.8) is 0 Å². The van der Waals surface area contributed by atoms with Crippen LogP contribution in [0, 0.1) is 0 Å². The van der Waals surface area contributed by atoms with Crippen molar-refractivity contribution in [2.24, 2.45) is 0 Å². The van der Waals surface area contributed by atoms with Crippen LogP contribution in [0.3, 0.4) is 0 Å². The average molecular weight is 120 g/mol. The monoisotopic (exact) mass is 120 g/mol. The van der Waals surface area contributed by atoms with Gasteiger partial charge in [0, 0.05) is 0 Å². The van der Waals surface area contributed by atoms with Crippen LogP contribution in [-0.4, -0.2) is 10.3 Å². The van der Waals surface area contributed by atoms with Crippen LogP contribution in [0.2, 0.25) is 0 Å². The van der Waals surface area contributed by atoms with Crippen molar-refractivity contribution in [2.75, 3.05) is 0 Å². The summed E-state index contributed by atoms with van der Waals surface area (Å²) in [5.41, 5.74) is 0. The molecule has 4 saturated heterocycles. The number of hydrogen-bond acceptors (Lipinski definition) is 0. The van der Waals surface area contributed by atoms with Gasteiger partial charge in [0.25, 0.3) is 0 Å². The summed E-state index contributed by atoms with van der Waals surface area (Å²) in [4.78, 5) is 0. The van der Waals surface area contributed by atoms with E-state index in [1.807, 2.05) is 0 Å². The molecule has 0 atom stereocenters. The molecule has 4 aliphatic heterocycles. The predicted molar refractivity (Wildman–Crippen MR) is 29.7 cm³/mol. The molecule has 0 aromatic heterocycles. The van der Waals surface area contributed by atoms with Crippen LogP contribution < -0.4 is 0 Å². The van der Waals surface area contributed by atoms with Gasteiger partial charge in [0.2, 0.25) is 0 Å². The summed E-state index contributed by atoms with van der Waals surface area (Å²) >= 11 is 0. The fraction of sp³-hybridized carbons (Fsp3) is 1.00. The molecule has 1 spiro atoms. The summed E-state index contributed by atoms with van der Waals surface area (Å²) in [5.74, 6) is 0. The van der Waals surface area contributed by atoms with Gasteiger partial charge >= 0.3 is 32.1 Å². The van der Waals surface area contributed by atoms with Crippen LogP contribution in [0.25, 0.3) is 0 Å². The topological polar surface area (TPSA) is 0 Å². The molecule has 0 saturated carbocycles. The van der Waals surface area contributed by atoms with Crippen LogP contribution >= 0.6 is 21.9 Å². The quantitative estimate of drug-likeness (QED) is 0.429. The Kier molecular flexibility index (Phi) is 0.107. The third-order valence-electron chi connectivity index (χ3n) is 2.37. The number of hydrogen-bond donors (Lipinski definition) is 0. The van der Waals surface area contributed by atoms with Gasteiger partial charge in [-0.25, -0.2) is 0 Å². The Morgan fingerprint density at radius 2 is 1.40 bits per heavy atom. The van der Waals surface area contributed by atoms with Gasteiger partial charge in [-0.2, -0.15) is 0 Å². The van der Waals surface area contributed by atoms with Crippen molar-refractivity contribution in [1.29, 1.82) is 0 Å². The zero-order chi connectivity index (χ0) is 2.81. The summed E-state index contributed by atoms with van der Waals surface area (Å²) in [6, 6.07) is 0. The molecule has 0 bridgehead atoms. The van der Waals surface area contributed by atoms with Crippen molar-refractivity contribution in [1.82, 2.24) is 0 Å². The molecular formula is C2H3P3. The fourth-order valence-electron chi connectivity index (χ4n) is 1.66. The molecule has 5 heavy (non-hydrogen) atoms. The third kappa shape index (κ3) is 0.0517. The Hall–Kier alpha value is 1.29. The van der Waals surface area contributed by atoms with E-state index in [1.54, 1.807) is 10.3 Å². The third-order valence-corrected chi connectivity index (χ3v) is 33.8. The van der Waals surface area contributed by atoms with Gasteiger partial charge in [-0.1, -0.05) is 0 Å². The first-order chi connectivity index (χ1) is 2.49. The predicted octanol–water partition coefficient (Wildman–Crippen LogP) is 2.15. The van der Waals surface area contributed by atoms with E-state index in [0.29, 0.717) is 0 Å². The summed E-state index contributed by atoms with van der Waals surface area (Å²) in [6.07, 6.45) is 0. The Bertz CT molecular complexity index is 107.